The first kappa shape index (κ1) is 11.3. The van der Waals surface area contributed by atoms with E-state index in [1.807, 2.05) is 0 Å². The van der Waals surface area contributed by atoms with Crippen LogP contribution in [0.3, 0.4) is 0 Å². The third-order valence-corrected chi connectivity index (χ3v) is 2.21. The Kier molecular flexibility index (Phi) is 3.20. The van der Waals surface area contributed by atoms with Crippen LogP contribution in [0.5, 0.6) is 11.6 Å². The Labute approximate surface area is 102 Å². The minimum atomic E-state index is -1.08. The zero-order valence-electron chi connectivity index (χ0n) is 8.50. The zero-order valence-corrected chi connectivity index (χ0v) is 9.26. The molecule has 0 fully saturated rings. The highest BCUT2D eigenvalue weighted by atomic mass is 35.5. The second-order valence-electron chi connectivity index (χ2n) is 3.06. The summed E-state index contributed by atoms with van der Waals surface area (Å²) < 4.78 is 5.32. The van der Waals surface area contributed by atoms with E-state index >= 15 is 0 Å². The number of nitrogens with zero attached hydrogens (tertiary/aromatic N) is 2. The van der Waals surface area contributed by atoms with Gasteiger partial charge in [-0.25, -0.2) is 14.8 Å². The van der Waals surface area contributed by atoms with Crippen LogP contribution >= 0.6 is 11.6 Å². The second-order valence-corrected chi connectivity index (χ2v) is 3.41. The molecule has 5 nitrogen and oxygen atoms in total. The third kappa shape index (κ3) is 2.51. The van der Waals surface area contributed by atoms with E-state index in [9.17, 15) is 4.79 Å². The van der Waals surface area contributed by atoms with Gasteiger partial charge in [0.25, 0.3) is 5.88 Å². The van der Waals surface area contributed by atoms with Crippen molar-refractivity contribution in [3.8, 4) is 11.6 Å². The van der Waals surface area contributed by atoms with Crippen LogP contribution in [-0.2, 0) is 0 Å². The van der Waals surface area contributed by atoms with Crippen LogP contribution in [0.15, 0.2) is 36.7 Å². The van der Waals surface area contributed by atoms with Gasteiger partial charge in [-0.15, -0.1) is 0 Å². The standard InChI is InChI=1S/C11H7ClN2O3/c12-9-10(14-6-5-13-9)17-8-4-2-1-3-7(8)11(15)16/h1-6H,(H,15,16). The number of halogens is 1. The Morgan fingerprint density at radius 3 is 2.65 bits per heavy atom. The number of aromatic carboxylic acids is 1. The molecule has 0 aliphatic carbocycles. The summed E-state index contributed by atoms with van der Waals surface area (Å²) in [4.78, 5) is 18.6. The van der Waals surface area contributed by atoms with Crippen molar-refractivity contribution in [1.82, 2.24) is 9.97 Å². The van der Waals surface area contributed by atoms with E-state index in [1.54, 1.807) is 12.1 Å². The van der Waals surface area contributed by atoms with Crippen LogP contribution in [0.2, 0.25) is 5.15 Å². The van der Waals surface area contributed by atoms with Crippen LogP contribution in [0.1, 0.15) is 10.4 Å². The number of ether oxygens (including phenoxy) is 1. The van der Waals surface area contributed by atoms with Crippen LogP contribution in [0.4, 0.5) is 0 Å². The summed E-state index contributed by atoms with van der Waals surface area (Å²) in [7, 11) is 0. The Bertz CT molecular complexity index is 560. The number of rotatable bonds is 3. The van der Waals surface area contributed by atoms with Crippen molar-refractivity contribution in [3.05, 3.63) is 47.4 Å². The number of carboxylic acids is 1. The minimum absolute atomic E-state index is 0.0363. The topological polar surface area (TPSA) is 72.3 Å². The molecule has 1 aromatic carbocycles. The second kappa shape index (κ2) is 4.80. The first-order chi connectivity index (χ1) is 8.18. The van der Waals surface area contributed by atoms with Gasteiger partial charge in [-0.1, -0.05) is 23.7 Å². The molecule has 0 aliphatic rings. The molecule has 2 aromatic rings. The number of carboxylic acid groups (broad SMARTS) is 1. The van der Waals surface area contributed by atoms with Gasteiger partial charge in [0.05, 0.1) is 0 Å². The number of aromatic nitrogens is 2. The van der Waals surface area contributed by atoms with Crippen molar-refractivity contribution in [2.45, 2.75) is 0 Å². The normalized spacial score (nSPS) is 9.94. The van der Waals surface area contributed by atoms with Gasteiger partial charge in [0.2, 0.25) is 0 Å². The number of hydrogen-bond acceptors (Lipinski definition) is 4. The summed E-state index contributed by atoms with van der Waals surface area (Å²) in [5, 5.41) is 9.04. The molecule has 1 N–H and O–H groups in total. The van der Waals surface area contributed by atoms with E-state index in [0.717, 1.165) is 0 Å². The summed E-state index contributed by atoms with van der Waals surface area (Å²) in [6, 6.07) is 6.22. The molecular weight excluding hydrogens is 244 g/mol. The quantitative estimate of drug-likeness (QED) is 0.907. The Hall–Kier alpha value is -2.14. The van der Waals surface area contributed by atoms with Crippen molar-refractivity contribution < 1.29 is 14.6 Å². The van der Waals surface area contributed by atoms with E-state index in [0.29, 0.717) is 0 Å². The maximum atomic E-state index is 10.9. The lowest BCUT2D eigenvalue weighted by Crippen LogP contribution is -2.00. The maximum absolute atomic E-state index is 10.9. The molecule has 1 aromatic heterocycles. The zero-order chi connectivity index (χ0) is 12.3. The first-order valence-electron chi connectivity index (χ1n) is 4.65. The molecule has 86 valence electrons. The molecule has 0 atom stereocenters. The first-order valence-corrected chi connectivity index (χ1v) is 5.03. The number of benzene rings is 1. The molecule has 2 rings (SSSR count). The van der Waals surface area contributed by atoms with Crippen LogP contribution < -0.4 is 4.74 Å². The van der Waals surface area contributed by atoms with E-state index < -0.39 is 5.97 Å². The molecule has 1 heterocycles. The summed E-state index contributed by atoms with van der Waals surface area (Å²) >= 11 is 5.76. The van der Waals surface area contributed by atoms with Gasteiger partial charge in [0.15, 0.2) is 5.15 Å². The lowest BCUT2D eigenvalue weighted by Gasteiger charge is -2.07. The number of hydrogen-bond donors (Lipinski definition) is 1. The summed E-state index contributed by atoms with van der Waals surface area (Å²) in [6.07, 6.45) is 2.82. The fraction of sp³-hybridized carbons (Fsp3) is 0. The monoisotopic (exact) mass is 250 g/mol. The average Bonchev–Trinajstić information content (AvgIpc) is 2.32. The van der Waals surface area contributed by atoms with Gasteiger partial charge < -0.3 is 9.84 Å². The van der Waals surface area contributed by atoms with Crippen molar-refractivity contribution in [2.24, 2.45) is 0 Å². The largest absolute Gasteiger partial charge is 0.478 e. The average molecular weight is 251 g/mol. The van der Waals surface area contributed by atoms with Gasteiger partial charge in [-0.2, -0.15) is 0 Å². The van der Waals surface area contributed by atoms with Crippen molar-refractivity contribution in [1.29, 1.82) is 0 Å². The third-order valence-electron chi connectivity index (χ3n) is 1.95. The van der Waals surface area contributed by atoms with E-state index in [4.69, 9.17) is 21.4 Å². The lowest BCUT2D eigenvalue weighted by atomic mass is 10.2. The molecule has 0 bridgehead atoms. The van der Waals surface area contributed by atoms with Gasteiger partial charge in [0.1, 0.15) is 11.3 Å². The minimum Gasteiger partial charge on any atom is -0.478 e. The molecule has 0 radical (unpaired) electrons. The van der Waals surface area contributed by atoms with Crippen molar-refractivity contribution in [3.63, 3.8) is 0 Å². The summed E-state index contributed by atoms with van der Waals surface area (Å²) in [5.74, 6) is -0.842. The molecule has 0 unspecified atom stereocenters. The van der Waals surface area contributed by atoms with Crippen molar-refractivity contribution >= 4 is 17.6 Å². The number of para-hydroxylation sites is 1. The predicted molar refractivity (Wildman–Crippen MR) is 60.5 cm³/mol. The Morgan fingerprint density at radius 2 is 1.94 bits per heavy atom. The molecule has 6 heteroatoms. The summed E-state index contributed by atoms with van der Waals surface area (Å²) in [5.41, 5.74) is 0.0363. The predicted octanol–water partition coefficient (Wildman–Crippen LogP) is 2.62. The maximum Gasteiger partial charge on any atom is 0.339 e. The van der Waals surface area contributed by atoms with Crippen LogP contribution in [0.25, 0.3) is 0 Å². The molecule has 17 heavy (non-hydrogen) atoms. The lowest BCUT2D eigenvalue weighted by molar-refractivity contribution is 0.0694. The van der Waals surface area contributed by atoms with Gasteiger partial charge in [-0.3, -0.25) is 0 Å². The Balaban J connectivity index is 2.37. The van der Waals surface area contributed by atoms with Crippen molar-refractivity contribution in [2.75, 3.05) is 0 Å². The molecular formula is C11H7ClN2O3. The fourth-order valence-corrected chi connectivity index (χ4v) is 1.36. The van der Waals surface area contributed by atoms with E-state index in [-0.39, 0.29) is 22.3 Å². The summed E-state index contributed by atoms with van der Waals surface area (Å²) in [6.45, 7) is 0. The number of carbonyl (C=O) groups is 1. The Morgan fingerprint density at radius 1 is 1.24 bits per heavy atom. The molecule has 0 saturated carbocycles. The fourth-order valence-electron chi connectivity index (χ4n) is 1.21. The molecule has 0 amide bonds. The molecule has 0 spiro atoms. The SMILES string of the molecule is O=C(O)c1ccccc1Oc1nccnc1Cl. The smallest absolute Gasteiger partial charge is 0.339 e. The highest BCUT2D eigenvalue weighted by Gasteiger charge is 2.13. The highest BCUT2D eigenvalue weighted by molar-refractivity contribution is 6.30. The van der Waals surface area contributed by atoms with Gasteiger partial charge in [0, 0.05) is 12.4 Å². The highest BCUT2D eigenvalue weighted by Crippen LogP contribution is 2.27. The van der Waals surface area contributed by atoms with Crippen LogP contribution in [0, 0.1) is 0 Å². The molecule has 0 saturated heterocycles. The van der Waals surface area contributed by atoms with E-state index in [1.165, 1.54) is 24.5 Å². The van der Waals surface area contributed by atoms with Gasteiger partial charge in [-0.05, 0) is 12.1 Å². The van der Waals surface area contributed by atoms with E-state index in [2.05, 4.69) is 9.97 Å². The van der Waals surface area contributed by atoms with Crippen LogP contribution in [-0.4, -0.2) is 21.0 Å². The molecule has 0 aliphatic heterocycles. The van der Waals surface area contributed by atoms with Gasteiger partial charge >= 0.3 is 5.97 Å².